The SMILES string of the molecule is O=C(Nc1ccccc1-c1cn2c(CO)csc2n1)c1cnc2ccccc2n1. The van der Waals surface area contributed by atoms with Gasteiger partial charge in [0.1, 0.15) is 5.69 Å². The molecule has 0 spiro atoms. The number of aliphatic hydroxyl groups is 1. The smallest absolute Gasteiger partial charge is 0.275 e. The van der Waals surface area contributed by atoms with Gasteiger partial charge in [-0.05, 0) is 18.2 Å². The number of aromatic nitrogens is 4. The number of imidazole rings is 1. The second kappa shape index (κ2) is 7.08. The Balaban J connectivity index is 1.49. The van der Waals surface area contributed by atoms with E-state index >= 15 is 0 Å². The van der Waals surface area contributed by atoms with Crippen molar-refractivity contribution in [2.75, 3.05) is 5.32 Å². The number of nitrogens with zero attached hydrogens (tertiary/aromatic N) is 4. The quantitative estimate of drug-likeness (QED) is 0.478. The van der Waals surface area contributed by atoms with E-state index in [0.29, 0.717) is 16.9 Å². The van der Waals surface area contributed by atoms with Gasteiger partial charge in [0.05, 0.1) is 40.9 Å². The van der Waals surface area contributed by atoms with Gasteiger partial charge in [-0.3, -0.25) is 14.2 Å². The van der Waals surface area contributed by atoms with Crippen LogP contribution < -0.4 is 5.32 Å². The molecule has 0 saturated carbocycles. The second-order valence-electron chi connectivity index (χ2n) is 6.41. The molecule has 0 atom stereocenters. The molecular formula is C21H15N5O2S. The third kappa shape index (κ3) is 3.14. The van der Waals surface area contributed by atoms with Gasteiger partial charge in [0.25, 0.3) is 5.91 Å². The highest BCUT2D eigenvalue weighted by Crippen LogP contribution is 2.29. The van der Waals surface area contributed by atoms with E-state index in [1.54, 1.807) is 0 Å². The maximum atomic E-state index is 12.8. The molecular weight excluding hydrogens is 386 g/mol. The topological polar surface area (TPSA) is 92.4 Å². The number of nitrogens with one attached hydrogen (secondary N) is 1. The number of aliphatic hydroxyl groups excluding tert-OH is 1. The zero-order valence-corrected chi connectivity index (χ0v) is 15.9. The lowest BCUT2D eigenvalue weighted by molar-refractivity contribution is 0.102. The summed E-state index contributed by atoms with van der Waals surface area (Å²) in [5.41, 5.74) is 4.55. The molecule has 7 nitrogen and oxygen atoms in total. The Kier molecular flexibility index (Phi) is 4.27. The highest BCUT2D eigenvalue weighted by atomic mass is 32.1. The fourth-order valence-corrected chi connectivity index (χ4v) is 4.01. The van der Waals surface area contributed by atoms with Gasteiger partial charge in [0.2, 0.25) is 0 Å². The van der Waals surface area contributed by atoms with E-state index in [9.17, 15) is 9.90 Å². The second-order valence-corrected chi connectivity index (χ2v) is 7.24. The number of anilines is 1. The molecule has 0 aliphatic heterocycles. The third-order valence-electron chi connectivity index (χ3n) is 4.58. The first-order valence-electron chi connectivity index (χ1n) is 8.92. The minimum Gasteiger partial charge on any atom is -0.390 e. The van der Waals surface area contributed by atoms with Gasteiger partial charge >= 0.3 is 0 Å². The number of para-hydroxylation sites is 3. The van der Waals surface area contributed by atoms with Gasteiger partial charge in [-0.1, -0.05) is 30.3 Å². The lowest BCUT2D eigenvalue weighted by Crippen LogP contribution is -2.14. The summed E-state index contributed by atoms with van der Waals surface area (Å²) in [6.45, 7) is -0.0607. The molecule has 5 aromatic rings. The van der Waals surface area contributed by atoms with Crippen molar-refractivity contribution in [1.82, 2.24) is 19.4 Å². The van der Waals surface area contributed by atoms with Gasteiger partial charge in [0.15, 0.2) is 4.96 Å². The summed E-state index contributed by atoms with van der Waals surface area (Å²) in [6.07, 6.45) is 3.33. The van der Waals surface area contributed by atoms with Crippen LogP contribution in [0, 0.1) is 0 Å². The molecule has 1 amide bonds. The van der Waals surface area contributed by atoms with Gasteiger partial charge in [-0.15, -0.1) is 11.3 Å². The van der Waals surface area contributed by atoms with Crippen LogP contribution in [0.3, 0.4) is 0 Å². The normalized spacial score (nSPS) is 11.2. The molecule has 142 valence electrons. The Labute approximate surface area is 169 Å². The fourth-order valence-electron chi connectivity index (χ4n) is 3.14. The Hall–Kier alpha value is -3.62. The largest absolute Gasteiger partial charge is 0.390 e. The number of thiazole rings is 1. The van der Waals surface area contributed by atoms with E-state index in [0.717, 1.165) is 21.7 Å². The number of amides is 1. The Morgan fingerprint density at radius 1 is 1.07 bits per heavy atom. The van der Waals surface area contributed by atoms with E-state index in [2.05, 4.69) is 20.3 Å². The minimum atomic E-state index is -0.340. The molecule has 5 rings (SSSR count). The highest BCUT2D eigenvalue weighted by molar-refractivity contribution is 7.15. The summed E-state index contributed by atoms with van der Waals surface area (Å²) in [7, 11) is 0. The van der Waals surface area contributed by atoms with E-state index in [4.69, 9.17) is 0 Å². The van der Waals surface area contributed by atoms with Crippen molar-refractivity contribution in [3.8, 4) is 11.3 Å². The molecule has 3 aromatic heterocycles. The predicted molar refractivity (Wildman–Crippen MR) is 112 cm³/mol. The van der Waals surface area contributed by atoms with Crippen LogP contribution in [-0.4, -0.2) is 30.4 Å². The van der Waals surface area contributed by atoms with Crippen LogP contribution >= 0.6 is 11.3 Å². The molecule has 0 radical (unpaired) electrons. The number of carbonyl (C=O) groups excluding carboxylic acids is 1. The minimum absolute atomic E-state index is 0.0607. The number of rotatable bonds is 4. The zero-order valence-electron chi connectivity index (χ0n) is 15.1. The predicted octanol–water partition coefficient (Wildman–Crippen LogP) is 3.75. The molecule has 2 aromatic carbocycles. The maximum absolute atomic E-state index is 12.8. The van der Waals surface area contributed by atoms with Crippen LogP contribution in [0.5, 0.6) is 0 Å². The summed E-state index contributed by atoms with van der Waals surface area (Å²) in [5.74, 6) is -0.340. The van der Waals surface area contributed by atoms with Crippen molar-refractivity contribution in [3.63, 3.8) is 0 Å². The Bertz CT molecular complexity index is 1360. The lowest BCUT2D eigenvalue weighted by Gasteiger charge is -2.09. The first-order valence-corrected chi connectivity index (χ1v) is 9.80. The third-order valence-corrected chi connectivity index (χ3v) is 5.47. The molecule has 3 heterocycles. The molecule has 0 bridgehead atoms. The maximum Gasteiger partial charge on any atom is 0.275 e. The van der Waals surface area contributed by atoms with Crippen molar-refractivity contribution in [3.05, 3.63) is 77.7 Å². The van der Waals surface area contributed by atoms with Crippen molar-refractivity contribution in [2.24, 2.45) is 0 Å². The fraction of sp³-hybridized carbons (Fsp3) is 0.0476. The van der Waals surface area contributed by atoms with Gasteiger partial charge in [0, 0.05) is 17.1 Å². The lowest BCUT2D eigenvalue weighted by atomic mass is 10.1. The van der Waals surface area contributed by atoms with Crippen LogP contribution in [0.25, 0.3) is 27.3 Å². The first-order chi connectivity index (χ1) is 14.2. The van der Waals surface area contributed by atoms with E-state index in [1.165, 1.54) is 17.5 Å². The van der Waals surface area contributed by atoms with Crippen LogP contribution in [0.4, 0.5) is 5.69 Å². The van der Waals surface area contributed by atoms with Crippen LogP contribution in [0.15, 0.2) is 66.3 Å². The van der Waals surface area contributed by atoms with Gasteiger partial charge in [-0.2, -0.15) is 0 Å². The molecule has 0 aliphatic rings. The molecule has 0 saturated heterocycles. The van der Waals surface area contributed by atoms with Crippen LogP contribution in [0.2, 0.25) is 0 Å². The molecule has 8 heteroatoms. The van der Waals surface area contributed by atoms with Crippen LogP contribution in [0.1, 0.15) is 16.2 Å². The average molecular weight is 401 g/mol. The summed E-state index contributed by atoms with van der Waals surface area (Å²) in [6, 6.07) is 14.9. The number of carbonyl (C=O) groups is 1. The summed E-state index contributed by atoms with van der Waals surface area (Å²) < 4.78 is 1.85. The molecule has 2 N–H and O–H groups in total. The van der Waals surface area contributed by atoms with Crippen molar-refractivity contribution < 1.29 is 9.90 Å². The number of hydrogen-bond donors (Lipinski definition) is 2. The van der Waals surface area contributed by atoms with Gasteiger partial charge < -0.3 is 10.4 Å². The molecule has 0 aliphatic carbocycles. The van der Waals surface area contributed by atoms with Crippen LogP contribution in [-0.2, 0) is 6.61 Å². The standard InChI is InChI=1S/C21H15N5O2S/c27-11-13-12-29-21-25-19(10-26(13)21)14-5-1-2-6-15(14)24-20(28)18-9-22-16-7-3-4-8-17(16)23-18/h1-10,12,27H,11H2,(H,24,28). The first kappa shape index (κ1) is 17.5. The number of fused-ring (bicyclic) bond motifs is 2. The van der Waals surface area contributed by atoms with E-state index in [1.807, 2.05) is 64.5 Å². The summed E-state index contributed by atoms with van der Waals surface area (Å²) in [5, 5.41) is 14.3. The summed E-state index contributed by atoms with van der Waals surface area (Å²) in [4.78, 5) is 26.9. The van der Waals surface area contributed by atoms with E-state index < -0.39 is 0 Å². The van der Waals surface area contributed by atoms with Crippen molar-refractivity contribution in [1.29, 1.82) is 0 Å². The summed E-state index contributed by atoms with van der Waals surface area (Å²) >= 11 is 1.46. The monoisotopic (exact) mass is 401 g/mol. The zero-order chi connectivity index (χ0) is 19.8. The van der Waals surface area contributed by atoms with Crippen molar-refractivity contribution >= 4 is 38.9 Å². The molecule has 29 heavy (non-hydrogen) atoms. The molecule has 0 fully saturated rings. The molecule has 0 unspecified atom stereocenters. The average Bonchev–Trinajstić information content (AvgIpc) is 3.34. The highest BCUT2D eigenvalue weighted by Gasteiger charge is 2.15. The van der Waals surface area contributed by atoms with E-state index in [-0.39, 0.29) is 18.2 Å². The Morgan fingerprint density at radius 2 is 1.86 bits per heavy atom. The number of benzene rings is 2. The van der Waals surface area contributed by atoms with Gasteiger partial charge in [-0.25, -0.2) is 9.97 Å². The Morgan fingerprint density at radius 3 is 2.72 bits per heavy atom. The van der Waals surface area contributed by atoms with Crippen molar-refractivity contribution in [2.45, 2.75) is 6.61 Å². The number of hydrogen-bond acceptors (Lipinski definition) is 6.